The zero-order chi connectivity index (χ0) is 15.6. The summed E-state index contributed by atoms with van der Waals surface area (Å²) in [6, 6.07) is 8.05. The van der Waals surface area contributed by atoms with Gasteiger partial charge in [-0.1, -0.05) is 6.07 Å². The maximum Gasteiger partial charge on any atom is 0.255 e. The first kappa shape index (κ1) is 14.8. The number of benzene rings is 2. The van der Waals surface area contributed by atoms with E-state index in [4.69, 9.17) is 5.73 Å². The fourth-order valence-electron chi connectivity index (χ4n) is 1.84. The standard InChI is InChI=1S/C15H15F2N3O/c1-20(2)15(21)10-7-6-9(18)8-13(10)19-14-11(16)4-3-5-12(14)17/h3-8,19H,18H2,1-2H3. The molecule has 2 aromatic rings. The molecular weight excluding hydrogens is 276 g/mol. The summed E-state index contributed by atoms with van der Waals surface area (Å²) in [5.74, 6) is -1.80. The zero-order valence-corrected chi connectivity index (χ0v) is 11.7. The van der Waals surface area contributed by atoms with Gasteiger partial charge in [0.2, 0.25) is 0 Å². The molecule has 0 unspecified atom stereocenters. The van der Waals surface area contributed by atoms with Crippen molar-refractivity contribution in [3.63, 3.8) is 0 Å². The maximum absolute atomic E-state index is 13.7. The number of carbonyl (C=O) groups is 1. The van der Waals surface area contributed by atoms with Gasteiger partial charge in [-0.2, -0.15) is 0 Å². The van der Waals surface area contributed by atoms with Crippen molar-refractivity contribution in [2.45, 2.75) is 0 Å². The van der Waals surface area contributed by atoms with Gasteiger partial charge in [0.15, 0.2) is 0 Å². The van der Waals surface area contributed by atoms with E-state index in [1.807, 2.05) is 0 Å². The van der Waals surface area contributed by atoms with E-state index < -0.39 is 11.6 Å². The number of hydrogen-bond acceptors (Lipinski definition) is 3. The number of hydrogen-bond donors (Lipinski definition) is 2. The Hall–Kier alpha value is -2.63. The average molecular weight is 291 g/mol. The lowest BCUT2D eigenvalue weighted by molar-refractivity contribution is 0.0828. The molecular formula is C15H15F2N3O. The van der Waals surface area contributed by atoms with Gasteiger partial charge in [0, 0.05) is 19.8 Å². The van der Waals surface area contributed by atoms with Crippen molar-refractivity contribution < 1.29 is 13.6 Å². The molecule has 21 heavy (non-hydrogen) atoms. The lowest BCUT2D eigenvalue weighted by Crippen LogP contribution is -2.22. The Morgan fingerprint density at radius 2 is 1.76 bits per heavy atom. The van der Waals surface area contributed by atoms with E-state index in [1.54, 1.807) is 20.2 Å². The number of nitrogens with one attached hydrogen (secondary N) is 1. The molecule has 0 fully saturated rings. The van der Waals surface area contributed by atoms with E-state index in [0.717, 1.165) is 12.1 Å². The predicted molar refractivity (Wildman–Crippen MR) is 78.5 cm³/mol. The predicted octanol–water partition coefficient (Wildman–Crippen LogP) is 2.99. The third-order valence-electron chi connectivity index (χ3n) is 2.90. The molecule has 0 radical (unpaired) electrons. The Morgan fingerprint density at radius 3 is 2.33 bits per heavy atom. The smallest absolute Gasteiger partial charge is 0.255 e. The van der Waals surface area contributed by atoms with E-state index in [2.05, 4.69) is 5.32 Å². The van der Waals surface area contributed by atoms with Crippen molar-refractivity contribution in [2.75, 3.05) is 25.1 Å². The van der Waals surface area contributed by atoms with Crippen LogP contribution in [0, 0.1) is 11.6 Å². The summed E-state index contributed by atoms with van der Waals surface area (Å²) in [5.41, 5.74) is 6.26. The molecule has 2 aromatic carbocycles. The van der Waals surface area contributed by atoms with E-state index in [9.17, 15) is 13.6 Å². The quantitative estimate of drug-likeness (QED) is 0.855. The Bertz CT molecular complexity index is 666. The minimum Gasteiger partial charge on any atom is -0.399 e. The van der Waals surface area contributed by atoms with Crippen LogP contribution in [0.2, 0.25) is 0 Å². The lowest BCUT2D eigenvalue weighted by Gasteiger charge is -2.16. The summed E-state index contributed by atoms with van der Waals surface area (Å²) in [6.45, 7) is 0. The first-order valence-electron chi connectivity index (χ1n) is 6.22. The number of para-hydroxylation sites is 1. The molecule has 0 saturated heterocycles. The number of nitrogen functional groups attached to an aromatic ring is 1. The summed E-state index contributed by atoms with van der Waals surface area (Å²) in [5, 5.41) is 2.61. The van der Waals surface area contributed by atoms with Gasteiger partial charge in [-0.25, -0.2) is 8.78 Å². The first-order chi connectivity index (χ1) is 9.90. The van der Waals surface area contributed by atoms with Crippen LogP contribution >= 0.6 is 0 Å². The third kappa shape index (κ3) is 3.10. The molecule has 0 saturated carbocycles. The van der Waals surface area contributed by atoms with E-state index in [1.165, 1.54) is 23.1 Å². The Kier molecular flexibility index (Phi) is 4.07. The van der Waals surface area contributed by atoms with Gasteiger partial charge in [0.1, 0.15) is 17.3 Å². The molecule has 110 valence electrons. The van der Waals surface area contributed by atoms with Gasteiger partial charge < -0.3 is 16.0 Å². The number of nitrogens with zero attached hydrogens (tertiary/aromatic N) is 1. The van der Waals surface area contributed by atoms with Crippen molar-refractivity contribution in [1.29, 1.82) is 0 Å². The van der Waals surface area contributed by atoms with Crippen LogP contribution in [0.5, 0.6) is 0 Å². The second kappa shape index (κ2) is 5.78. The molecule has 1 amide bonds. The topological polar surface area (TPSA) is 58.4 Å². The molecule has 0 atom stereocenters. The Labute approximate surface area is 121 Å². The first-order valence-corrected chi connectivity index (χ1v) is 6.22. The molecule has 0 aromatic heterocycles. The lowest BCUT2D eigenvalue weighted by atomic mass is 10.1. The number of carbonyl (C=O) groups excluding carboxylic acids is 1. The fourth-order valence-corrected chi connectivity index (χ4v) is 1.84. The molecule has 6 heteroatoms. The van der Waals surface area contributed by atoms with Crippen molar-refractivity contribution in [2.24, 2.45) is 0 Å². The van der Waals surface area contributed by atoms with Crippen LogP contribution in [0.1, 0.15) is 10.4 Å². The van der Waals surface area contributed by atoms with Gasteiger partial charge >= 0.3 is 0 Å². The Balaban J connectivity index is 2.48. The van der Waals surface area contributed by atoms with Gasteiger partial charge in [-0.3, -0.25) is 4.79 Å². The minimum absolute atomic E-state index is 0.248. The zero-order valence-electron chi connectivity index (χ0n) is 11.7. The molecule has 4 nitrogen and oxygen atoms in total. The van der Waals surface area contributed by atoms with Crippen molar-refractivity contribution in [3.8, 4) is 0 Å². The normalized spacial score (nSPS) is 10.3. The second-order valence-corrected chi connectivity index (χ2v) is 4.73. The van der Waals surface area contributed by atoms with Crippen molar-refractivity contribution >= 4 is 23.0 Å². The minimum atomic E-state index is -0.749. The van der Waals surface area contributed by atoms with Gasteiger partial charge in [-0.05, 0) is 30.3 Å². The highest BCUT2D eigenvalue weighted by Gasteiger charge is 2.16. The molecule has 0 bridgehead atoms. The number of nitrogens with two attached hydrogens (primary N) is 1. The van der Waals surface area contributed by atoms with E-state index in [0.29, 0.717) is 5.69 Å². The number of amides is 1. The number of halogens is 2. The summed E-state index contributed by atoms with van der Waals surface area (Å²) < 4.78 is 27.4. The SMILES string of the molecule is CN(C)C(=O)c1ccc(N)cc1Nc1c(F)cccc1F. The van der Waals surface area contributed by atoms with Gasteiger partial charge in [0.05, 0.1) is 11.3 Å². The molecule has 0 heterocycles. The molecule has 0 aliphatic heterocycles. The summed E-state index contributed by atoms with van der Waals surface area (Å²) >= 11 is 0. The number of rotatable bonds is 3. The van der Waals surface area contributed by atoms with Crippen molar-refractivity contribution in [1.82, 2.24) is 4.90 Å². The van der Waals surface area contributed by atoms with Crippen LogP contribution in [0.25, 0.3) is 0 Å². The van der Waals surface area contributed by atoms with Crippen LogP contribution in [0.15, 0.2) is 36.4 Å². The average Bonchev–Trinajstić information content (AvgIpc) is 2.42. The fraction of sp³-hybridized carbons (Fsp3) is 0.133. The van der Waals surface area contributed by atoms with Crippen LogP contribution in [0.4, 0.5) is 25.8 Å². The molecule has 0 spiro atoms. The maximum atomic E-state index is 13.7. The molecule has 3 N–H and O–H groups in total. The summed E-state index contributed by atoms with van der Waals surface area (Å²) in [4.78, 5) is 13.5. The number of anilines is 3. The second-order valence-electron chi connectivity index (χ2n) is 4.73. The highest BCUT2D eigenvalue weighted by Crippen LogP contribution is 2.27. The molecule has 0 aliphatic rings. The highest BCUT2D eigenvalue weighted by atomic mass is 19.1. The largest absolute Gasteiger partial charge is 0.399 e. The van der Waals surface area contributed by atoms with E-state index >= 15 is 0 Å². The Morgan fingerprint density at radius 1 is 1.14 bits per heavy atom. The molecule has 0 aliphatic carbocycles. The van der Waals surface area contributed by atoms with Crippen molar-refractivity contribution in [3.05, 3.63) is 53.6 Å². The van der Waals surface area contributed by atoms with E-state index in [-0.39, 0.29) is 22.8 Å². The molecule has 2 rings (SSSR count). The summed E-state index contributed by atoms with van der Waals surface area (Å²) in [6.07, 6.45) is 0. The van der Waals surface area contributed by atoms with Gasteiger partial charge in [0.25, 0.3) is 5.91 Å². The monoisotopic (exact) mass is 291 g/mol. The van der Waals surface area contributed by atoms with Gasteiger partial charge in [-0.15, -0.1) is 0 Å². The van der Waals surface area contributed by atoms with Crippen LogP contribution < -0.4 is 11.1 Å². The van der Waals surface area contributed by atoms with Crippen LogP contribution in [0.3, 0.4) is 0 Å². The summed E-state index contributed by atoms with van der Waals surface area (Å²) in [7, 11) is 3.18. The van der Waals surface area contributed by atoms with Crippen LogP contribution in [-0.4, -0.2) is 24.9 Å². The highest BCUT2D eigenvalue weighted by molar-refractivity contribution is 6.00. The third-order valence-corrected chi connectivity index (χ3v) is 2.90. The van der Waals surface area contributed by atoms with Crippen LogP contribution in [-0.2, 0) is 0 Å².